The molecule has 0 aromatic heterocycles. The molecule has 0 bridgehead atoms. The van der Waals surface area contributed by atoms with Gasteiger partial charge in [-0.25, -0.2) is 0 Å². The van der Waals surface area contributed by atoms with Crippen LogP contribution in [-0.2, 0) is 4.79 Å². The van der Waals surface area contributed by atoms with Gasteiger partial charge in [0.05, 0.1) is 0 Å². The zero-order valence-corrected chi connectivity index (χ0v) is 8.91. The number of hydrogen-bond donors (Lipinski definition) is 2. The molecular weight excluding hydrogens is 178 g/mol. The smallest absolute Gasteiger partial charge is 0.320 e. The third-order valence-electron chi connectivity index (χ3n) is 2.19. The van der Waals surface area contributed by atoms with E-state index in [9.17, 15) is 4.79 Å². The topological polar surface area (TPSA) is 63.3 Å². The van der Waals surface area contributed by atoms with E-state index in [-0.39, 0.29) is 0 Å². The number of allylic oxidation sites excluding steroid dienone is 2. The summed E-state index contributed by atoms with van der Waals surface area (Å²) in [5.41, 5.74) is 5.37. The molecule has 0 amide bonds. The Kier molecular flexibility index (Phi) is 8.24. The van der Waals surface area contributed by atoms with Gasteiger partial charge in [0.25, 0.3) is 0 Å². The predicted molar refractivity (Wildman–Crippen MR) is 58.1 cm³/mol. The number of carbonyl (C=O) groups is 1. The van der Waals surface area contributed by atoms with E-state index in [2.05, 4.69) is 12.2 Å². The van der Waals surface area contributed by atoms with Crippen LogP contribution in [0.4, 0.5) is 0 Å². The fourth-order valence-corrected chi connectivity index (χ4v) is 1.27. The molecule has 0 aliphatic carbocycles. The summed E-state index contributed by atoms with van der Waals surface area (Å²) in [5.74, 6) is -0.890. The van der Waals surface area contributed by atoms with Gasteiger partial charge in [0.1, 0.15) is 6.04 Å². The van der Waals surface area contributed by atoms with Crippen LogP contribution in [0.3, 0.4) is 0 Å². The standard InChI is InChI=1S/C11H21NO2/c1-2-3-4-5-6-7-8-9-10(12)11(13)14/h2-3,10H,4-9,12H2,1H3,(H,13,14)/b3-2+. The number of carboxylic acids is 1. The summed E-state index contributed by atoms with van der Waals surface area (Å²) in [5, 5.41) is 8.52. The van der Waals surface area contributed by atoms with E-state index in [1.165, 1.54) is 6.42 Å². The fourth-order valence-electron chi connectivity index (χ4n) is 1.27. The molecule has 0 aliphatic heterocycles. The molecule has 0 aromatic carbocycles. The lowest BCUT2D eigenvalue weighted by atomic mass is 10.1. The summed E-state index contributed by atoms with van der Waals surface area (Å²) in [6, 6.07) is -0.675. The van der Waals surface area contributed by atoms with Crippen LogP contribution in [0.15, 0.2) is 12.2 Å². The van der Waals surface area contributed by atoms with Crippen molar-refractivity contribution in [2.75, 3.05) is 0 Å². The maximum atomic E-state index is 10.4. The maximum Gasteiger partial charge on any atom is 0.320 e. The summed E-state index contributed by atoms with van der Waals surface area (Å²) < 4.78 is 0. The molecule has 0 heterocycles. The molecule has 1 atom stereocenters. The second kappa shape index (κ2) is 8.75. The zero-order chi connectivity index (χ0) is 10.8. The van der Waals surface area contributed by atoms with Crippen molar-refractivity contribution < 1.29 is 9.90 Å². The molecule has 0 fully saturated rings. The summed E-state index contributed by atoms with van der Waals surface area (Å²) in [7, 11) is 0. The molecule has 3 heteroatoms. The van der Waals surface area contributed by atoms with E-state index < -0.39 is 12.0 Å². The fraction of sp³-hybridized carbons (Fsp3) is 0.727. The molecule has 0 saturated heterocycles. The Morgan fingerprint density at radius 3 is 2.57 bits per heavy atom. The SMILES string of the molecule is C/C=C/CCCCCCC(N)C(=O)O. The van der Waals surface area contributed by atoms with Crippen LogP contribution in [0.2, 0.25) is 0 Å². The highest BCUT2D eigenvalue weighted by atomic mass is 16.4. The average Bonchev–Trinajstić information content (AvgIpc) is 2.16. The number of aliphatic carboxylic acids is 1. The van der Waals surface area contributed by atoms with Gasteiger partial charge in [-0.1, -0.05) is 31.4 Å². The number of nitrogens with two attached hydrogens (primary N) is 1. The molecule has 0 rings (SSSR count). The van der Waals surface area contributed by atoms with Crippen LogP contribution in [0.25, 0.3) is 0 Å². The maximum absolute atomic E-state index is 10.4. The Labute approximate surface area is 86.0 Å². The van der Waals surface area contributed by atoms with E-state index in [0.29, 0.717) is 6.42 Å². The van der Waals surface area contributed by atoms with Crippen LogP contribution in [0.1, 0.15) is 45.4 Å². The van der Waals surface area contributed by atoms with Gasteiger partial charge >= 0.3 is 5.97 Å². The number of carboxylic acid groups (broad SMARTS) is 1. The van der Waals surface area contributed by atoms with E-state index >= 15 is 0 Å². The van der Waals surface area contributed by atoms with Gasteiger partial charge in [0, 0.05) is 0 Å². The predicted octanol–water partition coefficient (Wildman–Crippen LogP) is 2.31. The average molecular weight is 199 g/mol. The van der Waals surface area contributed by atoms with Crippen molar-refractivity contribution in [1.82, 2.24) is 0 Å². The van der Waals surface area contributed by atoms with E-state index in [0.717, 1.165) is 25.7 Å². The summed E-state index contributed by atoms with van der Waals surface area (Å²) >= 11 is 0. The quantitative estimate of drug-likeness (QED) is 0.466. The third-order valence-corrected chi connectivity index (χ3v) is 2.19. The molecule has 1 unspecified atom stereocenters. The molecule has 3 nitrogen and oxygen atoms in total. The van der Waals surface area contributed by atoms with E-state index in [4.69, 9.17) is 10.8 Å². The van der Waals surface area contributed by atoms with Gasteiger partial charge < -0.3 is 10.8 Å². The first kappa shape index (κ1) is 13.2. The molecule has 0 aromatic rings. The first-order chi connectivity index (χ1) is 6.68. The molecule has 0 saturated carbocycles. The van der Waals surface area contributed by atoms with Crippen molar-refractivity contribution in [2.45, 2.75) is 51.5 Å². The molecule has 14 heavy (non-hydrogen) atoms. The van der Waals surface area contributed by atoms with Crippen molar-refractivity contribution in [3.8, 4) is 0 Å². The molecule has 0 radical (unpaired) electrons. The van der Waals surface area contributed by atoms with Gasteiger partial charge in [-0.3, -0.25) is 4.79 Å². The summed E-state index contributed by atoms with van der Waals surface area (Å²) in [6.45, 7) is 2.02. The Morgan fingerprint density at radius 1 is 1.36 bits per heavy atom. The van der Waals surface area contributed by atoms with Gasteiger partial charge in [-0.05, 0) is 26.2 Å². The zero-order valence-electron chi connectivity index (χ0n) is 8.91. The minimum atomic E-state index is -0.890. The monoisotopic (exact) mass is 199 g/mol. The number of hydrogen-bond acceptors (Lipinski definition) is 2. The van der Waals surface area contributed by atoms with Gasteiger partial charge in [0.15, 0.2) is 0 Å². The normalized spacial score (nSPS) is 13.3. The summed E-state index contributed by atoms with van der Waals surface area (Å²) in [6.07, 6.45) is 10.3. The first-order valence-electron chi connectivity index (χ1n) is 5.28. The van der Waals surface area contributed by atoms with Crippen LogP contribution in [0.5, 0.6) is 0 Å². The summed E-state index contributed by atoms with van der Waals surface area (Å²) in [4.78, 5) is 10.4. The van der Waals surface area contributed by atoms with Crippen LogP contribution >= 0.6 is 0 Å². The van der Waals surface area contributed by atoms with Crippen LogP contribution < -0.4 is 5.73 Å². The highest BCUT2D eigenvalue weighted by Crippen LogP contribution is 2.07. The van der Waals surface area contributed by atoms with Crippen LogP contribution in [-0.4, -0.2) is 17.1 Å². The number of unbranched alkanes of at least 4 members (excludes halogenated alkanes) is 4. The Hall–Kier alpha value is -0.830. The third kappa shape index (κ3) is 7.80. The first-order valence-corrected chi connectivity index (χ1v) is 5.28. The molecule has 0 aliphatic rings. The van der Waals surface area contributed by atoms with Crippen molar-refractivity contribution in [3.63, 3.8) is 0 Å². The second-order valence-electron chi connectivity index (χ2n) is 3.51. The number of rotatable bonds is 8. The lowest BCUT2D eigenvalue weighted by Crippen LogP contribution is -2.29. The van der Waals surface area contributed by atoms with Crippen molar-refractivity contribution in [3.05, 3.63) is 12.2 Å². The van der Waals surface area contributed by atoms with Crippen molar-refractivity contribution in [1.29, 1.82) is 0 Å². The van der Waals surface area contributed by atoms with Crippen molar-refractivity contribution >= 4 is 5.97 Å². The van der Waals surface area contributed by atoms with E-state index in [1.807, 2.05) is 6.92 Å². The van der Waals surface area contributed by atoms with Crippen LogP contribution in [0, 0.1) is 0 Å². The highest BCUT2D eigenvalue weighted by molar-refractivity contribution is 5.72. The minimum Gasteiger partial charge on any atom is -0.480 e. The lowest BCUT2D eigenvalue weighted by molar-refractivity contribution is -0.138. The lowest BCUT2D eigenvalue weighted by Gasteiger charge is -2.04. The molecular formula is C11H21NO2. The van der Waals surface area contributed by atoms with E-state index in [1.54, 1.807) is 0 Å². The Morgan fingerprint density at radius 2 is 2.00 bits per heavy atom. The minimum absolute atomic E-state index is 0.596. The Bertz CT molecular complexity index is 178. The Balaban J connectivity index is 3.17. The van der Waals surface area contributed by atoms with Crippen molar-refractivity contribution in [2.24, 2.45) is 5.73 Å². The molecule has 0 spiro atoms. The molecule has 3 N–H and O–H groups in total. The van der Waals surface area contributed by atoms with Gasteiger partial charge in [0.2, 0.25) is 0 Å². The highest BCUT2D eigenvalue weighted by Gasteiger charge is 2.09. The van der Waals surface area contributed by atoms with Gasteiger partial charge in [-0.15, -0.1) is 0 Å². The largest absolute Gasteiger partial charge is 0.480 e. The van der Waals surface area contributed by atoms with Gasteiger partial charge in [-0.2, -0.15) is 0 Å². The second-order valence-corrected chi connectivity index (χ2v) is 3.51. The molecule has 82 valence electrons.